The third-order valence-electron chi connectivity index (χ3n) is 5.23. The Morgan fingerprint density at radius 2 is 2.08 bits per heavy atom. The molecule has 1 aromatic heterocycles. The maximum atomic E-state index is 13.2. The van der Waals surface area contributed by atoms with E-state index in [1.54, 1.807) is 0 Å². The number of hydrogen-bond acceptors (Lipinski definition) is 4. The number of pyridine rings is 1. The van der Waals surface area contributed by atoms with Gasteiger partial charge < -0.3 is 14.7 Å². The molecule has 1 aromatic rings. The van der Waals surface area contributed by atoms with Crippen molar-refractivity contribution in [1.29, 1.82) is 0 Å². The molecule has 2 aliphatic heterocycles. The van der Waals surface area contributed by atoms with Gasteiger partial charge in [-0.1, -0.05) is 6.07 Å². The average Bonchev–Trinajstić information content (AvgIpc) is 2.62. The van der Waals surface area contributed by atoms with Crippen LogP contribution < -0.4 is 4.90 Å². The predicted molar refractivity (Wildman–Crippen MR) is 97.1 cm³/mol. The third kappa shape index (κ3) is 4.07. The third-order valence-corrected chi connectivity index (χ3v) is 5.23. The predicted octanol–water partition coefficient (Wildman–Crippen LogP) is 2.24. The van der Waals surface area contributed by atoms with Crippen LogP contribution in [0.1, 0.15) is 32.1 Å². The van der Waals surface area contributed by atoms with Crippen molar-refractivity contribution in [2.75, 3.05) is 45.2 Å². The van der Waals surface area contributed by atoms with Crippen molar-refractivity contribution in [2.24, 2.45) is 5.92 Å². The summed E-state index contributed by atoms with van der Waals surface area (Å²) >= 11 is 0. The molecule has 2 fully saturated rings. The zero-order chi connectivity index (χ0) is 16.9. The van der Waals surface area contributed by atoms with E-state index in [2.05, 4.69) is 33.8 Å². The van der Waals surface area contributed by atoms with Gasteiger partial charge in [0.05, 0.1) is 5.92 Å². The molecule has 5 nitrogen and oxygen atoms in total. The number of likely N-dealkylation sites (N-methyl/N-ethyl adjacent to an activating group) is 1. The molecule has 0 unspecified atom stereocenters. The van der Waals surface area contributed by atoms with Crippen LogP contribution in [0.15, 0.2) is 24.4 Å². The van der Waals surface area contributed by atoms with Crippen LogP contribution >= 0.6 is 0 Å². The van der Waals surface area contributed by atoms with Gasteiger partial charge in [-0.05, 0) is 58.3 Å². The summed E-state index contributed by atoms with van der Waals surface area (Å²) in [6.45, 7) is 3.71. The van der Waals surface area contributed by atoms with E-state index in [-0.39, 0.29) is 5.92 Å². The molecule has 2 saturated heterocycles. The van der Waals surface area contributed by atoms with Gasteiger partial charge in [0.25, 0.3) is 0 Å². The molecule has 0 aliphatic carbocycles. The van der Waals surface area contributed by atoms with E-state index in [1.807, 2.05) is 24.4 Å². The van der Waals surface area contributed by atoms with Crippen LogP contribution in [0.2, 0.25) is 0 Å². The zero-order valence-corrected chi connectivity index (χ0v) is 15.0. The maximum Gasteiger partial charge on any atom is 0.227 e. The number of nitrogens with zero attached hydrogens (tertiary/aromatic N) is 4. The minimum absolute atomic E-state index is 0.114. The summed E-state index contributed by atoms with van der Waals surface area (Å²) in [5.41, 5.74) is 0. The number of anilines is 1. The fraction of sp³-hybridized carbons (Fsp3) is 0.684. The molecule has 0 bridgehead atoms. The first kappa shape index (κ1) is 17.2. The summed E-state index contributed by atoms with van der Waals surface area (Å²) in [6, 6.07) is 6.38. The van der Waals surface area contributed by atoms with Gasteiger partial charge in [0, 0.05) is 38.4 Å². The zero-order valence-electron chi connectivity index (χ0n) is 15.0. The van der Waals surface area contributed by atoms with Crippen molar-refractivity contribution in [3.05, 3.63) is 24.4 Å². The van der Waals surface area contributed by atoms with Gasteiger partial charge in [-0.25, -0.2) is 4.98 Å². The van der Waals surface area contributed by atoms with Gasteiger partial charge in [-0.3, -0.25) is 4.79 Å². The number of rotatable bonds is 4. The topological polar surface area (TPSA) is 39.7 Å². The molecule has 2 atom stereocenters. The lowest BCUT2D eigenvalue weighted by Gasteiger charge is -2.41. The highest BCUT2D eigenvalue weighted by molar-refractivity contribution is 5.80. The normalized spacial score (nSPS) is 25.1. The number of carbonyl (C=O) groups excluding carboxylic acids is 1. The number of aromatic nitrogens is 1. The van der Waals surface area contributed by atoms with Gasteiger partial charge in [0.2, 0.25) is 5.91 Å². The highest BCUT2D eigenvalue weighted by atomic mass is 16.2. The van der Waals surface area contributed by atoms with Gasteiger partial charge in [0.1, 0.15) is 5.82 Å². The Bertz CT molecular complexity index is 533. The SMILES string of the molecule is CN(C)C[C@@H]1CCCCN1C(=O)[C@H]1CCCN(c2ccccn2)C1. The van der Waals surface area contributed by atoms with Crippen molar-refractivity contribution in [3.8, 4) is 0 Å². The van der Waals surface area contributed by atoms with E-state index < -0.39 is 0 Å². The second kappa shape index (κ2) is 7.97. The molecule has 3 heterocycles. The molecule has 0 spiro atoms. The summed E-state index contributed by atoms with van der Waals surface area (Å²) < 4.78 is 0. The smallest absolute Gasteiger partial charge is 0.227 e. The Morgan fingerprint density at radius 3 is 2.83 bits per heavy atom. The Morgan fingerprint density at radius 1 is 1.21 bits per heavy atom. The second-order valence-corrected chi connectivity index (χ2v) is 7.42. The van der Waals surface area contributed by atoms with Crippen LogP contribution in [0.25, 0.3) is 0 Å². The second-order valence-electron chi connectivity index (χ2n) is 7.42. The molecule has 3 rings (SSSR count). The van der Waals surface area contributed by atoms with E-state index in [9.17, 15) is 4.79 Å². The molecule has 1 amide bonds. The average molecular weight is 330 g/mol. The van der Waals surface area contributed by atoms with Gasteiger partial charge in [-0.2, -0.15) is 0 Å². The van der Waals surface area contributed by atoms with E-state index in [0.29, 0.717) is 11.9 Å². The fourth-order valence-corrected chi connectivity index (χ4v) is 4.06. The molecule has 0 saturated carbocycles. The van der Waals surface area contributed by atoms with E-state index in [4.69, 9.17) is 0 Å². The molecule has 0 aromatic carbocycles. The van der Waals surface area contributed by atoms with Crippen LogP contribution in [0.3, 0.4) is 0 Å². The fourth-order valence-electron chi connectivity index (χ4n) is 4.06. The number of hydrogen-bond donors (Lipinski definition) is 0. The summed E-state index contributed by atoms with van der Waals surface area (Å²) in [5.74, 6) is 1.48. The van der Waals surface area contributed by atoms with Crippen molar-refractivity contribution >= 4 is 11.7 Å². The first-order chi connectivity index (χ1) is 11.6. The monoisotopic (exact) mass is 330 g/mol. The largest absolute Gasteiger partial charge is 0.356 e. The summed E-state index contributed by atoms with van der Waals surface area (Å²) in [5, 5.41) is 0. The van der Waals surface area contributed by atoms with Crippen LogP contribution in [0.4, 0.5) is 5.82 Å². The maximum absolute atomic E-state index is 13.2. The van der Waals surface area contributed by atoms with Crippen molar-refractivity contribution in [3.63, 3.8) is 0 Å². The molecule has 5 heteroatoms. The highest BCUT2D eigenvalue weighted by Crippen LogP contribution is 2.26. The first-order valence-corrected chi connectivity index (χ1v) is 9.26. The lowest BCUT2D eigenvalue weighted by Crippen LogP contribution is -2.53. The minimum Gasteiger partial charge on any atom is -0.356 e. The molecular formula is C19H30N4O. The Hall–Kier alpha value is -1.62. The molecule has 2 aliphatic rings. The van der Waals surface area contributed by atoms with Crippen LogP contribution in [-0.4, -0.2) is 67.0 Å². The standard InChI is InChI=1S/C19H30N4O/c1-21(2)15-17-9-4-6-13-23(17)19(24)16-8-7-12-22(14-16)18-10-3-5-11-20-18/h3,5,10-11,16-17H,4,6-9,12-15H2,1-2H3/t16-,17-/m0/s1. The summed E-state index contributed by atoms with van der Waals surface area (Å²) in [6.07, 6.45) is 7.44. The summed E-state index contributed by atoms with van der Waals surface area (Å²) in [4.78, 5) is 24.3. The van der Waals surface area contributed by atoms with Gasteiger partial charge in [0.15, 0.2) is 0 Å². The van der Waals surface area contributed by atoms with Gasteiger partial charge in [-0.15, -0.1) is 0 Å². The quantitative estimate of drug-likeness (QED) is 0.849. The number of likely N-dealkylation sites (tertiary alicyclic amines) is 1. The highest BCUT2D eigenvalue weighted by Gasteiger charge is 2.34. The van der Waals surface area contributed by atoms with E-state index in [0.717, 1.165) is 57.7 Å². The molecular weight excluding hydrogens is 300 g/mol. The minimum atomic E-state index is 0.114. The number of piperidine rings is 2. The molecule has 0 N–H and O–H groups in total. The van der Waals surface area contributed by atoms with E-state index >= 15 is 0 Å². The number of carbonyl (C=O) groups is 1. The Balaban J connectivity index is 1.67. The Kier molecular flexibility index (Phi) is 5.72. The first-order valence-electron chi connectivity index (χ1n) is 9.26. The lowest BCUT2D eigenvalue weighted by atomic mass is 9.93. The Labute approximate surface area is 145 Å². The lowest BCUT2D eigenvalue weighted by molar-refractivity contribution is -0.139. The van der Waals surface area contributed by atoms with E-state index in [1.165, 1.54) is 6.42 Å². The molecule has 24 heavy (non-hydrogen) atoms. The van der Waals surface area contributed by atoms with Crippen LogP contribution in [-0.2, 0) is 4.79 Å². The molecule has 132 valence electrons. The molecule has 0 radical (unpaired) electrons. The van der Waals surface area contributed by atoms with Crippen molar-refractivity contribution in [1.82, 2.24) is 14.8 Å². The van der Waals surface area contributed by atoms with Crippen LogP contribution in [0, 0.1) is 5.92 Å². The van der Waals surface area contributed by atoms with Crippen molar-refractivity contribution < 1.29 is 4.79 Å². The number of amides is 1. The summed E-state index contributed by atoms with van der Waals surface area (Å²) in [7, 11) is 4.20. The van der Waals surface area contributed by atoms with Crippen molar-refractivity contribution in [2.45, 2.75) is 38.1 Å². The van der Waals surface area contributed by atoms with Gasteiger partial charge >= 0.3 is 0 Å². The van der Waals surface area contributed by atoms with Crippen LogP contribution in [0.5, 0.6) is 0 Å².